The number of hydrogen-bond donors (Lipinski definition) is 2. The van der Waals surface area contributed by atoms with E-state index in [0.717, 1.165) is 24.3 Å². The fraction of sp³-hybridized carbons (Fsp3) is 0.333. The molecule has 0 radical (unpaired) electrons. The average molecular weight is 308 g/mol. The van der Waals surface area contributed by atoms with Gasteiger partial charge in [-0.05, 0) is 56.8 Å². The molecule has 2 rings (SSSR count). The first kappa shape index (κ1) is 15.8. The lowest BCUT2D eigenvalue weighted by Crippen LogP contribution is -2.23. The first-order valence-electron chi connectivity index (χ1n) is 6.80. The Balaban J connectivity index is 2.01. The van der Waals surface area contributed by atoms with Gasteiger partial charge in [0.25, 0.3) is 0 Å². The summed E-state index contributed by atoms with van der Waals surface area (Å²) in [5, 5.41) is 3.06. The minimum atomic E-state index is -3.51. The maximum Gasteiger partial charge on any atom is 0.240 e. The highest BCUT2D eigenvalue weighted by Gasteiger charge is 2.14. The molecule has 0 saturated carbocycles. The van der Waals surface area contributed by atoms with Crippen LogP contribution in [-0.2, 0) is 23.0 Å². The smallest absolute Gasteiger partial charge is 0.240 e. The number of nitrogens with one attached hydrogen (secondary N) is 2. The molecular weight excluding hydrogens is 288 g/mol. The van der Waals surface area contributed by atoms with Gasteiger partial charge in [-0.3, -0.25) is 0 Å². The normalized spacial score (nSPS) is 11.7. The summed E-state index contributed by atoms with van der Waals surface area (Å²) in [6.45, 7) is 2.84. The molecule has 1 aromatic carbocycles. The Hall–Kier alpha value is -1.63. The predicted octanol–water partition coefficient (Wildman–Crippen LogP) is 1.83. The highest BCUT2D eigenvalue weighted by molar-refractivity contribution is 7.89. The molecule has 114 valence electrons. The van der Waals surface area contributed by atoms with E-state index in [1.807, 2.05) is 26.1 Å². The lowest BCUT2D eigenvalue weighted by Gasteiger charge is -2.07. The molecule has 1 aromatic heterocycles. The Bertz CT molecular complexity index is 675. The first-order valence-corrected chi connectivity index (χ1v) is 8.28. The van der Waals surface area contributed by atoms with Crippen LogP contribution in [0.4, 0.5) is 0 Å². The SMILES string of the molecule is CNCCc1ccc(S(=O)(=O)NCc2ccc(C)o2)cc1. The van der Waals surface area contributed by atoms with Gasteiger partial charge >= 0.3 is 0 Å². The van der Waals surface area contributed by atoms with E-state index in [-0.39, 0.29) is 11.4 Å². The Labute approximate surface area is 125 Å². The van der Waals surface area contributed by atoms with E-state index >= 15 is 0 Å². The van der Waals surface area contributed by atoms with Crippen molar-refractivity contribution in [3.63, 3.8) is 0 Å². The Morgan fingerprint density at radius 3 is 2.38 bits per heavy atom. The third-order valence-corrected chi connectivity index (χ3v) is 4.55. The third-order valence-electron chi connectivity index (χ3n) is 3.13. The molecule has 0 aliphatic heterocycles. The second kappa shape index (κ2) is 6.89. The second-order valence-corrected chi connectivity index (χ2v) is 6.60. The molecule has 5 nitrogen and oxygen atoms in total. The third kappa shape index (κ3) is 4.42. The highest BCUT2D eigenvalue weighted by atomic mass is 32.2. The van der Waals surface area contributed by atoms with Gasteiger partial charge < -0.3 is 9.73 Å². The summed E-state index contributed by atoms with van der Waals surface area (Å²) in [4.78, 5) is 0.263. The minimum absolute atomic E-state index is 0.150. The fourth-order valence-electron chi connectivity index (χ4n) is 1.93. The van der Waals surface area contributed by atoms with Gasteiger partial charge in [0.15, 0.2) is 0 Å². The zero-order chi connectivity index (χ0) is 15.3. The van der Waals surface area contributed by atoms with Crippen LogP contribution in [-0.4, -0.2) is 22.0 Å². The molecule has 0 aliphatic carbocycles. The number of hydrogen-bond acceptors (Lipinski definition) is 4. The Morgan fingerprint density at radius 2 is 1.81 bits per heavy atom. The molecule has 6 heteroatoms. The van der Waals surface area contributed by atoms with Crippen LogP contribution in [0.2, 0.25) is 0 Å². The molecule has 1 heterocycles. The summed E-state index contributed by atoms with van der Waals surface area (Å²) in [5.41, 5.74) is 1.10. The molecule has 0 unspecified atom stereocenters. The zero-order valence-electron chi connectivity index (χ0n) is 12.2. The molecule has 0 aliphatic rings. The van der Waals surface area contributed by atoms with E-state index in [9.17, 15) is 8.42 Å². The number of aryl methyl sites for hydroxylation is 1. The number of furan rings is 1. The van der Waals surface area contributed by atoms with Crippen molar-refractivity contribution in [3.05, 3.63) is 53.5 Å². The van der Waals surface area contributed by atoms with Gasteiger partial charge in [-0.25, -0.2) is 13.1 Å². The van der Waals surface area contributed by atoms with Crippen LogP contribution in [0, 0.1) is 6.92 Å². The van der Waals surface area contributed by atoms with Gasteiger partial charge in [-0.15, -0.1) is 0 Å². The van der Waals surface area contributed by atoms with E-state index in [1.165, 1.54) is 0 Å². The van der Waals surface area contributed by atoms with Crippen molar-refractivity contribution in [2.75, 3.05) is 13.6 Å². The van der Waals surface area contributed by atoms with Gasteiger partial charge in [-0.1, -0.05) is 12.1 Å². The maximum absolute atomic E-state index is 12.2. The quantitative estimate of drug-likeness (QED) is 0.818. The second-order valence-electron chi connectivity index (χ2n) is 4.83. The van der Waals surface area contributed by atoms with Crippen molar-refractivity contribution in [3.8, 4) is 0 Å². The van der Waals surface area contributed by atoms with Gasteiger partial charge in [0, 0.05) is 0 Å². The number of benzene rings is 1. The largest absolute Gasteiger partial charge is 0.465 e. The molecule has 0 fully saturated rings. The van der Waals surface area contributed by atoms with E-state index in [4.69, 9.17) is 4.42 Å². The Kier molecular flexibility index (Phi) is 5.17. The van der Waals surface area contributed by atoms with Gasteiger partial charge in [-0.2, -0.15) is 0 Å². The van der Waals surface area contributed by atoms with Crippen molar-refractivity contribution in [1.29, 1.82) is 0 Å². The molecule has 0 atom stereocenters. The number of likely N-dealkylation sites (N-methyl/N-ethyl adjacent to an activating group) is 1. The molecule has 0 bridgehead atoms. The minimum Gasteiger partial charge on any atom is -0.465 e. The van der Waals surface area contributed by atoms with Gasteiger partial charge in [0.2, 0.25) is 10.0 Å². The summed E-state index contributed by atoms with van der Waals surface area (Å²) < 4.78 is 32.2. The zero-order valence-corrected chi connectivity index (χ0v) is 13.0. The van der Waals surface area contributed by atoms with E-state index < -0.39 is 10.0 Å². The van der Waals surface area contributed by atoms with Crippen LogP contribution in [0.3, 0.4) is 0 Å². The van der Waals surface area contributed by atoms with Crippen LogP contribution in [0.5, 0.6) is 0 Å². The van der Waals surface area contributed by atoms with Crippen LogP contribution in [0.25, 0.3) is 0 Å². The Morgan fingerprint density at radius 1 is 1.10 bits per heavy atom. The summed E-state index contributed by atoms with van der Waals surface area (Å²) in [5.74, 6) is 1.36. The molecule has 21 heavy (non-hydrogen) atoms. The average Bonchev–Trinajstić information content (AvgIpc) is 2.89. The summed E-state index contributed by atoms with van der Waals surface area (Å²) in [7, 11) is -1.62. The molecule has 0 saturated heterocycles. The van der Waals surface area contributed by atoms with Crippen LogP contribution >= 0.6 is 0 Å². The summed E-state index contributed by atoms with van der Waals surface area (Å²) in [6.07, 6.45) is 0.871. The molecule has 2 aromatic rings. The topological polar surface area (TPSA) is 71.3 Å². The summed E-state index contributed by atoms with van der Waals surface area (Å²) >= 11 is 0. The van der Waals surface area contributed by atoms with Crippen LogP contribution < -0.4 is 10.0 Å². The molecule has 0 amide bonds. The van der Waals surface area contributed by atoms with E-state index in [1.54, 1.807) is 24.3 Å². The first-order chi connectivity index (χ1) is 10.0. The lowest BCUT2D eigenvalue weighted by atomic mass is 10.1. The molecule has 2 N–H and O–H groups in total. The highest BCUT2D eigenvalue weighted by Crippen LogP contribution is 2.12. The number of rotatable bonds is 7. The fourth-order valence-corrected chi connectivity index (χ4v) is 2.93. The predicted molar refractivity (Wildman–Crippen MR) is 81.5 cm³/mol. The van der Waals surface area contributed by atoms with Crippen LogP contribution in [0.1, 0.15) is 17.1 Å². The van der Waals surface area contributed by atoms with E-state index in [2.05, 4.69) is 10.0 Å². The van der Waals surface area contributed by atoms with Crippen molar-refractivity contribution in [2.24, 2.45) is 0 Å². The van der Waals surface area contributed by atoms with E-state index in [0.29, 0.717) is 5.76 Å². The molecular formula is C15H20N2O3S. The number of sulfonamides is 1. The summed E-state index contributed by atoms with van der Waals surface area (Å²) in [6, 6.07) is 10.5. The van der Waals surface area contributed by atoms with Crippen molar-refractivity contribution >= 4 is 10.0 Å². The standard InChI is InChI=1S/C15H20N2O3S/c1-12-3-6-14(20-12)11-17-21(18,19)15-7-4-13(5-8-15)9-10-16-2/h3-8,16-17H,9-11H2,1-2H3. The van der Waals surface area contributed by atoms with Gasteiger partial charge in [0.1, 0.15) is 11.5 Å². The maximum atomic E-state index is 12.2. The lowest BCUT2D eigenvalue weighted by molar-refractivity contribution is 0.475. The van der Waals surface area contributed by atoms with Crippen molar-refractivity contribution < 1.29 is 12.8 Å². The van der Waals surface area contributed by atoms with Crippen molar-refractivity contribution in [1.82, 2.24) is 10.0 Å². The monoisotopic (exact) mass is 308 g/mol. The van der Waals surface area contributed by atoms with Crippen LogP contribution in [0.15, 0.2) is 45.7 Å². The van der Waals surface area contributed by atoms with Gasteiger partial charge in [0.05, 0.1) is 11.4 Å². The van der Waals surface area contributed by atoms with Crippen molar-refractivity contribution in [2.45, 2.75) is 24.8 Å². The molecule has 0 spiro atoms.